The fraction of sp³-hybridized carbons (Fsp3) is 0.550. The van der Waals surface area contributed by atoms with Crippen LogP contribution < -0.4 is 5.32 Å². The molecule has 10 nitrogen and oxygen atoms in total. The van der Waals surface area contributed by atoms with Gasteiger partial charge < -0.3 is 19.7 Å². The lowest BCUT2D eigenvalue weighted by molar-refractivity contribution is -0.151. The van der Waals surface area contributed by atoms with Crippen LogP contribution in [0.2, 0.25) is 5.02 Å². The second kappa shape index (κ2) is 10.2. The summed E-state index contributed by atoms with van der Waals surface area (Å²) in [4.78, 5) is 37.9. The zero-order valence-corrected chi connectivity index (χ0v) is 19.4. The molecular weight excluding hydrogens is 462 g/mol. The second-order valence-electron chi connectivity index (χ2n) is 7.86. The standard InChI is InChI=1S/C20H26ClN3O7S/c1-13(2)24-11-14(9-19(24)26)20(27)31-12-18(25)22-15-3-4-16(21)17(10-15)32(28,29)23-5-7-30-8-6-23/h3-4,10,13-14H,5-9,11-12H2,1-2H3,(H,22,25). The lowest BCUT2D eigenvalue weighted by atomic mass is 10.1. The first kappa shape index (κ1) is 24.4. The third kappa shape index (κ3) is 5.58. The molecule has 0 radical (unpaired) electrons. The molecule has 3 rings (SSSR count). The van der Waals surface area contributed by atoms with Gasteiger partial charge in [0.1, 0.15) is 4.90 Å². The molecule has 0 aliphatic carbocycles. The van der Waals surface area contributed by atoms with Crippen LogP contribution in [0, 0.1) is 5.92 Å². The number of rotatable bonds is 7. The summed E-state index contributed by atoms with van der Waals surface area (Å²) in [5.41, 5.74) is 0.198. The van der Waals surface area contributed by atoms with Crippen molar-refractivity contribution in [1.82, 2.24) is 9.21 Å². The third-order valence-electron chi connectivity index (χ3n) is 5.26. The van der Waals surface area contributed by atoms with Crippen molar-refractivity contribution < 1.29 is 32.3 Å². The van der Waals surface area contributed by atoms with Crippen LogP contribution in [-0.2, 0) is 33.9 Å². The number of hydrogen-bond acceptors (Lipinski definition) is 7. The lowest BCUT2D eigenvalue weighted by Gasteiger charge is -2.26. The first-order chi connectivity index (χ1) is 15.1. The number of nitrogens with zero attached hydrogens (tertiary/aromatic N) is 2. The van der Waals surface area contributed by atoms with E-state index in [9.17, 15) is 22.8 Å². The largest absolute Gasteiger partial charge is 0.455 e. The Labute approximate surface area is 191 Å². The summed E-state index contributed by atoms with van der Waals surface area (Å²) in [5, 5.41) is 2.54. The normalized spacial score (nSPS) is 19.9. The molecule has 0 bridgehead atoms. The van der Waals surface area contributed by atoms with Gasteiger partial charge in [-0.25, -0.2) is 8.42 Å². The molecule has 0 aromatic heterocycles. The molecule has 0 saturated carbocycles. The minimum atomic E-state index is -3.86. The van der Waals surface area contributed by atoms with Crippen molar-refractivity contribution in [2.24, 2.45) is 5.92 Å². The molecule has 1 N–H and O–H groups in total. The molecule has 2 saturated heterocycles. The van der Waals surface area contributed by atoms with E-state index in [1.165, 1.54) is 22.5 Å². The maximum atomic E-state index is 12.9. The topological polar surface area (TPSA) is 122 Å². The Morgan fingerprint density at radius 3 is 2.59 bits per heavy atom. The highest BCUT2D eigenvalue weighted by Gasteiger charge is 2.36. The zero-order chi connectivity index (χ0) is 23.5. The molecule has 32 heavy (non-hydrogen) atoms. The fourth-order valence-corrected chi connectivity index (χ4v) is 5.45. The highest BCUT2D eigenvalue weighted by Crippen LogP contribution is 2.28. The third-order valence-corrected chi connectivity index (χ3v) is 7.64. The maximum absolute atomic E-state index is 12.9. The molecule has 1 aromatic rings. The average Bonchev–Trinajstić information content (AvgIpc) is 3.16. The summed E-state index contributed by atoms with van der Waals surface area (Å²) in [6, 6.07) is 4.08. The van der Waals surface area contributed by atoms with Crippen LogP contribution in [0.5, 0.6) is 0 Å². The van der Waals surface area contributed by atoms with Crippen LogP contribution in [0.25, 0.3) is 0 Å². The quantitative estimate of drug-likeness (QED) is 0.571. The van der Waals surface area contributed by atoms with Crippen molar-refractivity contribution in [2.75, 3.05) is 44.8 Å². The number of sulfonamides is 1. The zero-order valence-electron chi connectivity index (χ0n) is 17.9. The van der Waals surface area contributed by atoms with E-state index in [0.29, 0.717) is 13.2 Å². The molecule has 1 aromatic carbocycles. The van der Waals surface area contributed by atoms with E-state index >= 15 is 0 Å². The predicted molar refractivity (Wildman–Crippen MR) is 116 cm³/mol. The monoisotopic (exact) mass is 487 g/mol. The van der Waals surface area contributed by atoms with E-state index in [0.717, 1.165) is 0 Å². The number of esters is 1. The summed E-state index contributed by atoms with van der Waals surface area (Å²) in [6.07, 6.45) is 0.0541. The SMILES string of the molecule is CC(C)N1CC(C(=O)OCC(=O)Nc2ccc(Cl)c(S(=O)(=O)N3CCOCC3)c2)CC1=O. The summed E-state index contributed by atoms with van der Waals surface area (Å²) < 4.78 is 37.3. The van der Waals surface area contributed by atoms with E-state index in [-0.39, 0.29) is 53.6 Å². The van der Waals surface area contributed by atoms with Gasteiger partial charge in [0.2, 0.25) is 15.9 Å². The molecule has 2 aliphatic heterocycles. The fourth-order valence-electron chi connectivity index (χ4n) is 3.54. The number of ether oxygens (including phenoxy) is 2. The van der Waals surface area contributed by atoms with Crippen molar-refractivity contribution >= 4 is 45.1 Å². The van der Waals surface area contributed by atoms with Crippen molar-refractivity contribution in [3.63, 3.8) is 0 Å². The number of carbonyl (C=O) groups is 3. The van der Waals surface area contributed by atoms with Crippen molar-refractivity contribution in [2.45, 2.75) is 31.2 Å². The van der Waals surface area contributed by atoms with Gasteiger partial charge in [-0.2, -0.15) is 4.31 Å². The van der Waals surface area contributed by atoms with Gasteiger partial charge in [0.25, 0.3) is 5.91 Å². The molecule has 2 fully saturated rings. The first-order valence-electron chi connectivity index (χ1n) is 10.2. The number of halogens is 1. The van der Waals surface area contributed by atoms with Gasteiger partial charge in [-0.1, -0.05) is 11.6 Å². The lowest BCUT2D eigenvalue weighted by Crippen LogP contribution is -2.40. The van der Waals surface area contributed by atoms with Gasteiger partial charge in [-0.15, -0.1) is 0 Å². The van der Waals surface area contributed by atoms with Gasteiger partial charge in [0, 0.05) is 37.8 Å². The Bertz CT molecular complexity index is 993. The van der Waals surface area contributed by atoms with Crippen LogP contribution in [0.4, 0.5) is 5.69 Å². The summed E-state index contributed by atoms with van der Waals surface area (Å²) in [6.45, 7) is 4.43. The minimum absolute atomic E-state index is 0.0172. The number of anilines is 1. The molecule has 0 spiro atoms. The van der Waals surface area contributed by atoms with Crippen LogP contribution in [0.1, 0.15) is 20.3 Å². The molecule has 1 unspecified atom stereocenters. The van der Waals surface area contributed by atoms with Gasteiger partial charge in [-0.05, 0) is 32.0 Å². The number of likely N-dealkylation sites (tertiary alicyclic amines) is 1. The number of benzene rings is 1. The Morgan fingerprint density at radius 1 is 1.28 bits per heavy atom. The molecule has 2 heterocycles. The van der Waals surface area contributed by atoms with Gasteiger partial charge in [-0.3, -0.25) is 14.4 Å². The number of amides is 2. The van der Waals surface area contributed by atoms with E-state index in [1.807, 2.05) is 13.8 Å². The molecule has 12 heteroatoms. The number of hydrogen-bond donors (Lipinski definition) is 1. The number of carbonyl (C=O) groups excluding carboxylic acids is 3. The van der Waals surface area contributed by atoms with E-state index in [1.54, 1.807) is 4.90 Å². The molecule has 2 aliphatic rings. The molecule has 1 atom stereocenters. The first-order valence-corrected chi connectivity index (χ1v) is 12.0. The average molecular weight is 488 g/mol. The Balaban J connectivity index is 1.59. The van der Waals surface area contributed by atoms with Gasteiger partial charge in [0.05, 0.1) is 24.2 Å². The van der Waals surface area contributed by atoms with Gasteiger partial charge in [0.15, 0.2) is 6.61 Å². The summed E-state index contributed by atoms with van der Waals surface area (Å²) in [7, 11) is -3.86. The molecule has 176 valence electrons. The summed E-state index contributed by atoms with van der Waals surface area (Å²) >= 11 is 6.11. The smallest absolute Gasteiger partial charge is 0.311 e. The molecule has 2 amide bonds. The van der Waals surface area contributed by atoms with E-state index in [2.05, 4.69) is 5.32 Å². The van der Waals surface area contributed by atoms with Crippen LogP contribution >= 0.6 is 11.6 Å². The van der Waals surface area contributed by atoms with Crippen LogP contribution in [0.15, 0.2) is 23.1 Å². The Kier molecular flexibility index (Phi) is 7.75. The van der Waals surface area contributed by atoms with Gasteiger partial charge >= 0.3 is 5.97 Å². The second-order valence-corrected chi connectivity index (χ2v) is 10.2. The predicted octanol–water partition coefficient (Wildman–Crippen LogP) is 1.10. The molecular formula is C20H26ClN3O7S. The van der Waals surface area contributed by atoms with E-state index < -0.39 is 34.4 Å². The van der Waals surface area contributed by atoms with Crippen molar-refractivity contribution in [3.8, 4) is 0 Å². The van der Waals surface area contributed by atoms with E-state index in [4.69, 9.17) is 21.1 Å². The Morgan fingerprint density at radius 2 is 1.97 bits per heavy atom. The maximum Gasteiger partial charge on any atom is 0.311 e. The van der Waals surface area contributed by atoms with Crippen LogP contribution in [-0.4, -0.2) is 80.9 Å². The minimum Gasteiger partial charge on any atom is -0.455 e. The summed E-state index contributed by atoms with van der Waals surface area (Å²) in [5.74, 6) is -2.00. The number of morpholine rings is 1. The van der Waals surface area contributed by atoms with Crippen LogP contribution in [0.3, 0.4) is 0 Å². The van der Waals surface area contributed by atoms with Crippen molar-refractivity contribution in [3.05, 3.63) is 23.2 Å². The Hall–Kier alpha value is -2.21. The highest BCUT2D eigenvalue weighted by atomic mass is 35.5. The number of nitrogens with one attached hydrogen (secondary N) is 1. The highest BCUT2D eigenvalue weighted by molar-refractivity contribution is 7.89. The van der Waals surface area contributed by atoms with Crippen molar-refractivity contribution in [1.29, 1.82) is 0 Å².